The third kappa shape index (κ3) is 2.72. The lowest BCUT2D eigenvalue weighted by Gasteiger charge is -2.38. The Hall–Kier alpha value is -1.98. The summed E-state index contributed by atoms with van der Waals surface area (Å²) in [5.74, 6) is -3.03. The van der Waals surface area contributed by atoms with Crippen molar-refractivity contribution in [3.8, 4) is 0 Å². The SMILES string of the molecule is O=C(Cc1cc(F)ccc1F)NC1(C(=O)O)CCC1. The van der Waals surface area contributed by atoms with Crippen LogP contribution >= 0.6 is 0 Å². The van der Waals surface area contributed by atoms with Crippen LogP contribution < -0.4 is 5.32 Å². The number of halogens is 2. The van der Waals surface area contributed by atoms with Gasteiger partial charge in [-0.2, -0.15) is 0 Å². The van der Waals surface area contributed by atoms with Crippen LogP contribution in [0.4, 0.5) is 8.78 Å². The van der Waals surface area contributed by atoms with Gasteiger partial charge in [0.05, 0.1) is 6.42 Å². The molecular formula is C13H13F2NO3. The summed E-state index contributed by atoms with van der Waals surface area (Å²) >= 11 is 0. The lowest BCUT2D eigenvalue weighted by Crippen LogP contribution is -2.59. The van der Waals surface area contributed by atoms with Crippen LogP contribution in [0.5, 0.6) is 0 Å². The first-order valence-corrected chi connectivity index (χ1v) is 5.91. The summed E-state index contributed by atoms with van der Waals surface area (Å²) in [5, 5.41) is 11.4. The van der Waals surface area contributed by atoms with Crippen molar-refractivity contribution in [1.29, 1.82) is 0 Å². The molecule has 4 nitrogen and oxygen atoms in total. The van der Waals surface area contributed by atoms with Crippen LogP contribution in [-0.4, -0.2) is 22.5 Å². The lowest BCUT2D eigenvalue weighted by molar-refractivity contribution is -0.151. The number of rotatable bonds is 4. The molecule has 1 aromatic carbocycles. The van der Waals surface area contributed by atoms with Crippen LogP contribution in [0.3, 0.4) is 0 Å². The smallest absolute Gasteiger partial charge is 0.329 e. The predicted octanol–water partition coefficient (Wildman–Crippen LogP) is 1.63. The maximum absolute atomic E-state index is 13.4. The first-order chi connectivity index (χ1) is 8.93. The fourth-order valence-electron chi connectivity index (χ4n) is 2.09. The zero-order valence-electron chi connectivity index (χ0n) is 10.1. The highest BCUT2D eigenvalue weighted by atomic mass is 19.1. The minimum atomic E-state index is -1.24. The zero-order chi connectivity index (χ0) is 14.0. The van der Waals surface area contributed by atoms with Gasteiger partial charge in [-0.15, -0.1) is 0 Å². The van der Waals surface area contributed by atoms with Gasteiger partial charge in [-0.25, -0.2) is 13.6 Å². The van der Waals surface area contributed by atoms with Crippen molar-refractivity contribution in [2.45, 2.75) is 31.2 Å². The fraction of sp³-hybridized carbons (Fsp3) is 0.385. The van der Waals surface area contributed by atoms with Crippen LogP contribution in [0, 0.1) is 11.6 Å². The molecule has 2 rings (SSSR count). The van der Waals surface area contributed by atoms with Crippen LogP contribution in [0.25, 0.3) is 0 Å². The Labute approximate surface area is 108 Å². The molecule has 0 bridgehead atoms. The highest BCUT2D eigenvalue weighted by Gasteiger charge is 2.45. The number of carbonyl (C=O) groups is 2. The summed E-state index contributed by atoms with van der Waals surface area (Å²) in [4.78, 5) is 22.8. The summed E-state index contributed by atoms with van der Waals surface area (Å²) < 4.78 is 26.3. The molecular weight excluding hydrogens is 256 g/mol. The summed E-state index contributed by atoms with van der Waals surface area (Å²) in [6.45, 7) is 0. The van der Waals surface area contributed by atoms with Crippen LogP contribution in [-0.2, 0) is 16.0 Å². The molecule has 0 radical (unpaired) electrons. The quantitative estimate of drug-likeness (QED) is 0.873. The summed E-state index contributed by atoms with van der Waals surface area (Å²) in [7, 11) is 0. The number of amides is 1. The molecule has 1 fully saturated rings. The van der Waals surface area contributed by atoms with E-state index in [1.54, 1.807) is 0 Å². The molecule has 0 aliphatic heterocycles. The monoisotopic (exact) mass is 269 g/mol. The average Bonchev–Trinajstić information content (AvgIpc) is 2.28. The van der Waals surface area contributed by atoms with E-state index in [1.807, 2.05) is 0 Å². The van der Waals surface area contributed by atoms with Crippen molar-refractivity contribution in [2.75, 3.05) is 0 Å². The number of benzene rings is 1. The first-order valence-electron chi connectivity index (χ1n) is 5.91. The van der Waals surface area contributed by atoms with Gasteiger partial charge in [0, 0.05) is 5.56 Å². The van der Waals surface area contributed by atoms with Gasteiger partial charge in [-0.05, 0) is 37.5 Å². The molecule has 1 amide bonds. The second-order valence-corrected chi connectivity index (χ2v) is 4.70. The number of aliphatic carboxylic acids is 1. The van der Waals surface area contributed by atoms with Crippen molar-refractivity contribution in [3.63, 3.8) is 0 Å². The van der Waals surface area contributed by atoms with Crippen LogP contribution in [0.2, 0.25) is 0 Å². The maximum Gasteiger partial charge on any atom is 0.329 e. The minimum absolute atomic E-state index is 0.0858. The van der Waals surface area contributed by atoms with Gasteiger partial charge in [0.15, 0.2) is 0 Å². The van der Waals surface area contributed by atoms with Gasteiger partial charge in [0.1, 0.15) is 17.2 Å². The van der Waals surface area contributed by atoms with E-state index in [0.717, 1.165) is 24.6 Å². The number of hydrogen-bond donors (Lipinski definition) is 2. The van der Waals surface area contributed by atoms with Gasteiger partial charge < -0.3 is 10.4 Å². The molecule has 0 aromatic heterocycles. The molecule has 0 unspecified atom stereocenters. The van der Waals surface area contributed by atoms with Gasteiger partial charge in [0.2, 0.25) is 5.91 Å². The Morgan fingerprint density at radius 1 is 1.32 bits per heavy atom. The standard InChI is InChI=1S/C13H13F2NO3/c14-9-2-3-10(15)8(6-9)7-11(17)16-13(12(18)19)4-1-5-13/h2-3,6H,1,4-5,7H2,(H,16,17)(H,18,19). The number of hydrogen-bond acceptors (Lipinski definition) is 2. The molecule has 19 heavy (non-hydrogen) atoms. The second kappa shape index (κ2) is 4.95. The molecule has 0 spiro atoms. The van der Waals surface area contributed by atoms with E-state index in [4.69, 9.17) is 5.11 Å². The van der Waals surface area contributed by atoms with E-state index < -0.39 is 29.0 Å². The summed E-state index contributed by atoms with van der Waals surface area (Å²) in [5.41, 5.74) is -1.32. The third-order valence-electron chi connectivity index (χ3n) is 3.35. The van der Waals surface area contributed by atoms with Gasteiger partial charge in [0.25, 0.3) is 0 Å². The number of carboxylic acids is 1. The number of carbonyl (C=O) groups excluding carboxylic acids is 1. The molecule has 0 atom stereocenters. The lowest BCUT2D eigenvalue weighted by atomic mass is 9.76. The average molecular weight is 269 g/mol. The van der Waals surface area contributed by atoms with E-state index in [-0.39, 0.29) is 12.0 Å². The summed E-state index contributed by atoms with van der Waals surface area (Å²) in [6, 6.07) is 2.83. The van der Waals surface area contributed by atoms with Crippen molar-refractivity contribution in [1.82, 2.24) is 5.32 Å². The van der Waals surface area contributed by atoms with E-state index in [0.29, 0.717) is 12.8 Å². The Kier molecular flexibility index (Phi) is 3.50. The van der Waals surface area contributed by atoms with Crippen LogP contribution in [0.1, 0.15) is 24.8 Å². The van der Waals surface area contributed by atoms with Gasteiger partial charge >= 0.3 is 5.97 Å². The Balaban J connectivity index is 2.05. The largest absolute Gasteiger partial charge is 0.480 e. The molecule has 1 aliphatic carbocycles. The van der Waals surface area contributed by atoms with E-state index in [1.165, 1.54) is 0 Å². The number of carboxylic acid groups (broad SMARTS) is 1. The molecule has 102 valence electrons. The normalized spacial score (nSPS) is 16.5. The minimum Gasteiger partial charge on any atom is -0.480 e. The molecule has 0 saturated heterocycles. The molecule has 1 aliphatic rings. The van der Waals surface area contributed by atoms with Crippen molar-refractivity contribution in [2.24, 2.45) is 0 Å². The highest BCUT2D eigenvalue weighted by Crippen LogP contribution is 2.32. The Bertz CT molecular complexity index is 527. The Morgan fingerprint density at radius 2 is 2.00 bits per heavy atom. The second-order valence-electron chi connectivity index (χ2n) is 4.70. The molecule has 0 heterocycles. The highest BCUT2D eigenvalue weighted by molar-refractivity contribution is 5.88. The third-order valence-corrected chi connectivity index (χ3v) is 3.35. The maximum atomic E-state index is 13.4. The van der Waals surface area contributed by atoms with Crippen molar-refractivity contribution in [3.05, 3.63) is 35.4 Å². The fourth-order valence-corrected chi connectivity index (χ4v) is 2.09. The summed E-state index contributed by atoms with van der Waals surface area (Å²) in [6.07, 6.45) is 1.07. The predicted molar refractivity (Wildman–Crippen MR) is 62.4 cm³/mol. The van der Waals surface area contributed by atoms with Gasteiger partial charge in [-0.1, -0.05) is 0 Å². The molecule has 6 heteroatoms. The number of nitrogens with one attached hydrogen (secondary N) is 1. The Morgan fingerprint density at radius 3 is 2.53 bits per heavy atom. The van der Waals surface area contributed by atoms with Crippen molar-refractivity contribution < 1.29 is 23.5 Å². The molecule has 2 N–H and O–H groups in total. The molecule has 1 aromatic rings. The van der Waals surface area contributed by atoms with Gasteiger partial charge in [-0.3, -0.25) is 4.79 Å². The topological polar surface area (TPSA) is 66.4 Å². The zero-order valence-corrected chi connectivity index (χ0v) is 10.1. The van der Waals surface area contributed by atoms with Crippen LogP contribution in [0.15, 0.2) is 18.2 Å². The van der Waals surface area contributed by atoms with E-state index in [9.17, 15) is 18.4 Å². The van der Waals surface area contributed by atoms with Crippen molar-refractivity contribution >= 4 is 11.9 Å². The molecule has 1 saturated carbocycles. The van der Waals surface area contributed by atoms with E-state index in [2.05, 4.69) is 5.32 Å². The first kappa shape index (κ1) is 13.5. The van der Waals surface area contributed by atoms with E-state index >= 15 is 0 Å².